The van der Waals surface area contributed by atoms with Crippen molar-refractivity contribution < 1.29 is 22.7 Å². The van der Waals surface area contributed by atoms with Crippen LogP contribution >= 0.6 is 24.0 Å². The number of nitrogens with one attached hydrogen (secondary N) is 1. The lowest BCUT2D eigenvalue weighted by Crippen LogP contribution is -2.50. The van der Waals surface area contributed by atoms with Crippen LogP contribution in [0, 0.1) is 5.92 Å². The van der Waals surface area contributed by atoms with Crippen molar-refractivity contribution in [1.29, 1.82) is 0 Å². The number of nitrogens with zero attached hydrogens (tertiary/aromatic N) is 3. The SMILES string of the molecule is CN=C(NC1CCN(CC(F)(F)F)C1)N1CCC(C(=O)OC)CC1.I. The van der Waals surface area contributed by atoms with Crippen molar-refractivity contribution in [3.63, 3.8) is 0 Å². The van der Waals surface area contributed by atoms with Gasteiger partial charge in [-0.25, -0.2) is 0 Å². The minimum Gasteiger partial charge on any atom is -0.469 e. The second-order valence-electron chi connectivity index (χ2n) is 6.31. The van der Waals surface area contributed by atoms with Crippen molar-refractivity contribution in [2.24, 2.45) is 10.9 Å². The van der Waals surface area contributed by atoms with Gasteiger partial charge in [0.2, 0.25) is 0 Å². The number of piperidine rings is 1. The summed E-state index contributed by atoms with van der Waals surface area (Å²) in [7, 11) is 3.05. The van der Waals surface area contributed by atoms with E-state index < -0.39 is 12.7 Å². The molecule has 0 saturated carbocycles. The van der Waals surface area contributed by atoms with Gasteiger partial charge in [0, 0.05) is 39.3 Å². The van der Waals surface area contributed by atoms with Crippen molar-refractivity contribution >= 4 is 35.9 Å². The van der Waals surface area contributed by atoms with Gasteiger partial charge in [0.15, 0.2) is 5.96 Å². The number of esters is 1. The quantitative estimate of drug-likeness (QED) is 0.290. The lowest BCUT2D eigenvalue weighted by Gasteiger charge is -2.34. The van der Waals surface area contributed by atoms with Gasteiger partial charge >= 0.3 is 12.1 Å². The van der Waals surface area contributed by atoms with E-state index in [9.17, 15) is 18.0 Å². The fourth-order valence-electron chi connectivity index (χ4n) is 3.32. The van der Waals surface area contributed by atoms with Gasteiger partial charge in [-0.1, -0.05) is 0 Å². The predicted octanol–water partition coefficient (Wildman–Crippen LogP) is 1.70. The first-order chi connectivity index (χ1) is 11.3. The third-order valence-electron chi connectivity index (χ3n) is 4.55. The molecule has 0 aromatic carbocycles. The molecule has 1 atom stereocenters. The monoisotopic (exact) mass is 478 g/mol. The number of hydrogen-bond acceptors (Lipinski definition) is 4. The molecule has 10 heteroatoms. The number of likely N-dealkylation sites (tertiary alicyclic amines) is 2. The average molecular weight is 478 g/mol. The molecule has 2 aliphatic heterocycles. The average Bonchev–Trinajstić information content (AvgIpc) is 2.97. The van der Waals surface area contributed by atoms with Crippen molar-refractivity contribution in [2.75, 3.05) is 46.9 Å². The van der Waals surface area contributed by atoms with Crippen LogP contribution in [0.3, 0.4) is 0 Å². The molecule has 146 valence electrons. The second-order valence-corrected chi connectivity index (χ2v) is 6.31. The van der Waals surface area contributed by atoms with E-state index in [4.69, 9.17) is 4.74 Å². The summed E-state index contributed by atoms with van der Waals surface area (Å²) in [6, 6.07) is -0.0376. The Bertz CT molecular complexity index is 468. The molecule has 0 aliphatic carbocycles. The molecule has 0 amide bonds. The van der Waals surface area contributed by atoms with Crippen LogP contribution in [-0.4, -0.2) is 80.8 Å². The van der Waals surface area contributed by atoms with Crippen LogP contribution in [0.2, 0.25) is 0 Å². The first-order valence-electron chi connectivity index (χ1n) is 8.17. The molecule has 0 aromatic heterocycles. The largest absolute Gasteiger partial charge is 0.469 e. The maximum Gasteiger partial charge on any atom is 0.401 e. The Hall–Kier alpha value is -0.780. The van der Waals surface area contributed by atoms with E-state index in [0.29, 0.717) is 51.4 Å². The minimum atomic E-state index is -4.16. The summed E-state index contributed by atoms with van der Waals surface area (Å²) in [5.41, 5.74) is 0. The summed E-state index contributed by atoms with van der Waals surface area (Å²) < 4.78 is 42.1. The van der Waals surface area contributed by atoms with Gasteiger partial charge in [0.1, 0.15) is 0 Å². The van der Waals surface area contributed by atoms with E-state index in [1.54, 1.807) is 7.05 Å². The molecule has 2 aliphatic rings. The van der Waals surface area contributed by atoms with E-state index in [0.717, 1.165) is 0 Å². The number of aliphatic imine (C=N–C) groups is 1. The van der Waals surface area contributed by atoms with Gasteiger partial charge in [-0.15, -0.1) is 24.0 Å². The molecule has 2 rings (SSSR count). The Labute approximate surface area is 163 Å². The Morgan fingerprint density at radius 1 is 1.24 bits per heavy atom. The molecule has 0 radical (unpaired) electrons. The lowest BCUT2D eigenvalue weighted by molar-refractivity contribution is -0.147. The molecule has 6 nitrogen and oxygen atoms in total. The number of hydrogen-bond donors (Lipinski definition) is 1. The number of halogens is 4. The molecule has 0 aromatic rings. The van der Waals surface area contributed by atoms with E-state index in [1.165, 1.54) is 12.0 Å². The maximum atomic E-state index is 12.5. The summed E-state index contributed by atoms with van der Waals surface area (Å²) >= 11 is 0. The zero-order valence-corrected chi connectivity index (χ0v) is 16.8. The van der Waals surface area contributed by atoms with Crippen LogP contribution in [0.4, 0.5) is 13.2 Å². The molecular weight excluding hydrogens is 452 g/mol. The van der Waals surface area contributed by atoms with Gasteiger partial charge in [-0.05, 0) is 19.3 Å². The van der Waals surface area contributed by atoms with Gasteiger partial charge < -0.3 is 15.0 Å². The Morgan fingerprint density at radius 3 is 2.40 bits per heavy atom. The summed E-state index contributed by atoms with van der Waals surface area (Å²) in [5, 5.41) is 3.26. The molecule has 2 fully saturated rings. The van der Waals surface area contributed by atoms with Crippen LogP contribution in [-0.2, 0) is 9.53 Å². The zero-order valence-electron chi connectivity index (χ0n) is 14.5. The van der Waals surface area contributed by atoms with Gasteiger partial charge in [-0.2, -0.15) is 13.2 Å². The van der Waals surface area contributed by atoms with Crippen molar-refractivity contribution in [1.82, 2.24) is 15.1 Å². The molecule has 2 heterocycles. The highest BCUT2D eigenvalue weighted by atomic mass is 127. The molecule has 1 N–H and O–H groups in total. The molecular formula is C15H26F3IN4O2. The fraction of sp³-hybridized carbons (Fsp3) is 0.867. The van der Waals surface area contributed by atoms with Gasteiger partial charge in [0.25, 0.3) is 0 Å². The third kappa shape index (κ3) is 6.80. The van der Waals surface area contributed by atoms with Crippen LogP contribution in [0.5, 0.6) is 0 Å². The number of guanidine groups is 1. The van der Waals surface area contributed by atoms with Crippen molar-refractivity contribution in [3.8, 4) is 0 Å². The number of carbonyl (C=O) groups is 1. The molecule has 0 bridgehead atoms. The van der Waals surface area contributed by atoms with E-state index in [1.807, 2.05) is 4.90 Å². The minimum absolute atomic E-state index is 0. The predicted molar refractivity (Wildman–Crippen MR) is 99.1 cm³/mol. The van der Waals surface area contributed by atoms with Crippen LogP contribution in [0.25, 0.3) is 0 Å². The first-order valence-corrected chi connectivity index (χ1v) is 8.17. The molecule has 25 heavy (non-hydrogen) atoms. The normalized spacial score (nSPS) is 23.3. The fourth-order valence-corrected chi connectivity index (χ4v) is 3.32. The number of rotatable bonds is 3. The van der Waals surface area contributed by atoms with E-state index >= 15 is 0 Å². The van der Waals surface area contributed by atoms with Crippen LogP contribution in [0.1, 0.15) is 19.3 Å². The Morgan fingerprint density at radius 2 is 1.88 bits per heavy atom. The number of methoxy groups -OCH3 is 1. The standard InChI is InChI=1S/C15H25F3N4O2.HI/c1-19-14(22-7-3-11(4-8-22)13(23)24-2)20-12-5-6-21(9-12)10-15(16,17)18;/h11-12H,3-10H2,1-2H3,(H,19,20);1H. The topological polar surface area (TPSA) is 57.2 Å². The van der Waals surface area contributed by atoms with Crippen molar-refractivity contribution in [2.45, 2.75) is 31.5 Å². The molecule has 2 saturated heterocycles. The second kappa shape index (κ2) is 9.79. The van der Waals surface area contributed by atoms with Crippen LogP contribution in [0.15, 0.2) is 4.99 Å². The van der Waals surface area contributed by atoms with E-state index in [2.05, 4.69) is 10.3 Å². The molecule has 1 unspecified atom stereocenters. The lowest BCUT2D eigenvalue weighted by atomic mass is 9.97. The maximum absolute atomic E-state index is 12.5. The van der Waals surface area contributed by atoms with Gasteiger partial charge in [-0.3, -0.25) is 14.7 Å². The van der Waals surface area contributed by atoms with Gasteiger partial charge in [0.05, 0.1) is 19.6 Å². The zero-order chi connectivity index (χ0) is 17.7. The summed E-state index contributed by atoms with van der Waals surface area (Å²) in [4.78, 5) is 19.3. The van der Waals surface area contributed by atoms with Crippen LogP contribution < -0.4 is 5.32 Å². The highest BCUT2D eigenvalue weighted by Crippen LogP contribution is 2.21. The Kier molecular flexibility index (Phi) is 8.72. The highest BCUT2D eigenvalue weighted by Gasteiger charge is 2.35. The third-order valence-corrected chi connectivity index (χ3v) is 4.55. The summed E-state index contributed by atoms with van der Waals surface area (Å²) in [6.45, 7) is 1.28. The molecule has 0 spiro atoms. The van der Waals surface area contributed by atoms with Crippen molar-refractivity contribution in [3.05, 3.63) is 0 Å². The smallest absolute Gasteiger partial charge is 0.401 e. The Balaban J connectivity index is 0.00000312. The number of alkyl halides is 3. The first kappa shape index (κ1) is 22.3. The number of carbonyl (C=O) groups excluding carboxylic acids is 1. The number of ether oxygens (including phenoxy) is 1. The van der Waals surface area contributed by atoms with E-state index in [-0.39, 0.29) is 41.9 Å². The summed E-state index contributed by atoms with van der Waals surface area (Å²) in [5.74, 6) is 0.423. The summed E-state index contributed by atoms with van der Waals surface area (Å²) in [6.07, 6.45) is -2.11. The highest BCUT2D eigenvalue weighted by molar-refractivity contribution is 14.0.